The number of fused-ring (bicyclic) bond motifs is 3. The maximum Gasteiger partial charge on any atom is 0.213 e. The van der Waals surface area contributed by atoms with Gasteiger partial charge in [0.05, 0.1) is 5.52 Å². The quantitative estimate of drug-likeness (QED) is 0.501. The Kier molecular flexibility index (Phi) is 4.17. The van der Waals surface area contributed by atoms with Gasteiger partial charge in [0.1, 0.15) is 0 Å². The third-order valence-electron chi connectivity index (χ3n) is 4.85. The number of hydrogen-bond donors (Lipinski definition) is 0. The van der Waals surface area contributed by atoms with E-state index >= 15 is 0 Å². The first-order valence-electron chi connectivity index (χ1n) is 8.95. The third-order valence-corrected chi connectivity index (χ3v) is 6.03. The first-order chi connectivity index (χ1) is 13.2. The zero-order valence-corrected chi connectivity index (χ0v) is 16.5. The molecule has 0 atom stereocenters. The predicted octanol–water partition coefficient (Wildman–Crippen LogP) is 4.46. The van der Waals surface area contributed by atoms with Gasteiger partial charge in [0, 0.05) is 40.6 Å². The van der Waals surface area contributed by atoms with Gasteiger partial charge in [0.25, 0.3) is 0 Å². The molecule has 0 amide bonds. The number of rotatable bonds is 2. The molecule has 0 spiro atoms. The van der Waals surface area contributed by atoms with Crippen LogP contribution in [0.15, 0.2) is 42.5 Å². The predicted molar refractivity (Wildman–Crippen MR) is 113 cm³/mol. The van der Waals surface area contributed by atoms with Gasteiger partial charge >= 0.3 is 0 Å². The van der Waals surface area contributed by atoms with Crippen LogP contribution < -0.4 is 4.90 Å². The van der Waals surface area contributed by atoms with Crippen molar-refractivity contribution >= 4 is 45.9 Å². The molecule has 7 heteroatoms. The Bertz CT molecular complexity index is 1150. The summed E-state index contributed by atoms with van der Waals surface area (Å²) < 4.78 is 2.10. The lowest BCUT2D eigenvalue weighted by molar-refractivity contribution is 0.808. The standard InChI is InChI=1S/C20H18ClN5S/c1-13-3-2-4-14(11-13)18-23-24-19-16-6-5-15(21)12-17(16)22-20(26(18)19)25-7-9-27-10-8-25/h2-6,11-12H,7-10H2,1H3. The summed E-state index contributed by atoms with van der Waals surface area (Å²) in [4.78, 5) is 7.31. The zero-order valence-electron chi connectivity index (χ0n) is 14.9. The van der Waals surface area contributed by atoms with Crippen LogP contribution in [-0.4, -0.2) is 44.2 Å². The highest BCUT2D eigenvalue weighted by Gasteiger charge is 2.22. The molecule has 0 aliphatic carbocycles. The lowest BCUT2D eigenvalue weighted by atomic mass is 10.1. The van der Waals surface area contributed by atoms with Gasteiger partial charge in [-0.1, -0.05) is 35.4 Å². The van der Waals surface area contributed by atoms with Crippen LogP contribution in [0.4, 0.5) is 5.95 Å². The third kappa shape index (κ3) is 2.93. The summed E-state index contributed by atoms with van der Waals surface area (Å²) in [6.07, 6.45) is 0. The van der Waals surface area contributed by atoms with Crippen LogP contribution in [0.2, 0.25) is 5.02 Å². The lowest BCUT2D eigenvalue weighted by Crippen LogP contribution is -2.34. The number of thioether (sulfide) groups is 1. The van der Waals surface area contributed by atoms with Gasteiger partial charge in [-0.2, -0.15) is 11.8 Å². The molecule has 136 valence electrons. The van der Waals surface area contributed by atoms with E-state index in [1.165, 1.54) is 5.56 Å². The van der Waals surface area contributed by atoms with Crippen molar-refractivity contribution < 1.29 is 0 Å². The Morgan fingerprint density at radius 2 is 1.89 bits per heavy atom. The molecule has 0 bridgehead atoms. The van der Waals surface area contributed by atoms with Crippen LogP contribution in [0, 0.1) is 6.92 Å². The van der Waals surface area contributed by atoms with E-state index in [1.54, 1.807) is 0 Å². The van der Waals surface area contributed by atoms with Crippen molar-refractivity contribution in [3.05, 3.63) is 53.1 Å². The van der Waals surface area contributed by atoms with Gasteiger partial charge in [-0.3, -0.25) is 0 Å². The van der Waals surface area contributed by atoms with Crippen molar-refractivity contribution in [1.82, 2.24) is 19.6 Å². The number of aryl methyl sites for hydroxylation is 1. The molecule has 2 aromatic heterocycles. The Morgan fingerprint density at radius 1 is 1.04 bits per heavy atom. The second-order valence-electron chi connectivity index (χ2n) is 6.72. The molecule has 0 radical (unpaired) electrons. The van der Waals surface area contributed by atoms with Crippen molar-refractivity contribution in [1.29, 1.82) is 0 Å². The van der Waals surface area contributed by atoms with Gasteiger partial charge in [-0.25, -0.2) is 9.38 Å². The number of nitrogens with zero attached hydrogens (tertiary/aromatic N) is 5. The highest BCUT2D eigenvalue weighted by Crippen LogP contribution is 2.30. The average Bonchev–Trinajstić information content (AvgIpc) is 3.13. The van der Waals surface area contributed by atoms with Gasteiger partial charge in [-0.15, -0.1) is 10.2 Å². The van der Waals surface area contributed by atoms with Crippen LogP contribution >= 0.6 is 23.4 Å². The van der Waals surface area contributed by atoms with Crippen molar-refractivity contribution in [2.24, 2.45) is 0 Å². The van der Waals surface area contributed by atoms with Crippen molar-refractivity contribution in [2.75, 3.05) is 29.5 Å². The monoisotopic (exact) mass is 395 g/mol. The molecule has 1 aliphatic rings. The lowest BCUT2D eigenvalue weighted by Gasteiger charge is -2.28. The molecule has 3 heterocycles. The van der Waals surface area contributed by atoms with E-state index in [0.717, 1.165) is 58.5 Å². The van der Waals surface area contributed by atoms with Gasteiger partial charge in [0.15, 0.2) is 11.5 Å². The molecule has 1 aliphatic heterocycles. The van der Waals surface area contributed by atoms with Crippen LogP contribution in [0.25, 0.3) is 27.9 Å². The summed E-state index contributed by atoms with van der Waals surface area (Å²) in [5.74, 6) is 3.91. The number of halogens is 1. The smallest absolute Gasteiger partial charge is 0.213 e. The van der Waals surface area contributed by atoms with E-state index in [4.69, 9.17) is 16.6 Å². The van der Waals surface area contributed by atoms with Gasteiger partial charge < -0.3 is 4.90 Å². The van der Waals surface area contributed by atoms with Crippen molar-refractivity contribution in [3.8, 4) is 11.4 Å². The summed E-state index contributed by atoms with van der Waals surface area (Å²) in [5, 5.41) is 10.7. The van der Waals surface area contributed by atoms with E-state index < -0.39 is 0 Å². The number of anilines is 1. The maximum absolute atomic E-state index is 6.23. The van der Waals surface area contributed by atoms with E-state index in [9.17, 15) is 0 Å². The molecule has 0 N–H and O–H groups in total. The molecule has 5 rings (SSSR count). The Hall–Kier alpha value is -2.31. The zero-order chi connectivity index (χ0) is 18.4. The fraction of sp³-hybridized carbons (Fsp3) is 0.250. The van der Waals surface area contributed by atoms with Gasteiger partial charge in [0.2, 0.25) is 5.95 Å². The molecule has 1 saturated heterocycles. The van der Waals surface area contributed by atoms with E-state index in [-0.39, 0.29) is 0 Å². The minimum Gasteiger partial charge on any atom is -0.340 e. The molecule has 2 aromatic carbocycles. The van der Waals surface area contributed by atoms with E-state index in [0.29, 0.717) is 5.02 Å². The molecular formula is C20H18ClN5S. The van der Waals surface area contributed by atoms with Gasteiger partial charge in [-0.05, 0) is 31.2 Å². The minimum atomic E-state index is 0.679. The van der Waals surface area contributed by atoms with Crippen LogP contribution in [0.3, 0.4) is 0 Å². The fourth-order valence-corrected chi connectivity index (χ4v) is 4.61. The van der Waals surface area contributed by atoms with Crippen molar-refractivity contribution in [2.45, 2.75) is 6.92 Å². The average molecular weight is 396 g/mol. The Morgan fingerprint density at radius 3 is 2.70 bits per heavy atom. The molecule has 5 nitrogen and oxygen atoms in total. The number of aromatic nitrogens is 4. The maximum atomic E-state index is 6.23. The normalized spacial score (nSPS) is 15.0. The first-order valence-corrected chi connectivity index (χ1v) is 10.5. The first kappa shape index (κ1) is 16.8. The molecule has 27 heavy (non-hydrogen) atoms. The topological polar surface area (TPSA) is 46.3 Å². The molecule has 0 unspecified atom stereocenters. The summed E-state index contributed by atoms with van der Waals surface area (Å²) in [6.45, 7) is 4.01. The second kappa shape index (κ2) is 6.69. The van der Waals surface area contributed by atoms with Crippen molar-refractivity contribution in [3.63, 3.8) is 0 Å². The Labute approximate surface area is 166 Å². The minimum absolute atomic E-state index is 0.679. The summed E-state index contributed by atoms with van der Waals surface area (Å²) in [5.41, 5.74) is 3.92. The Balaban J connectivity index is 1.83. The highest BCUT2D eigenvalue weighted by molar-refractivity contribution is 7.99. The molecular weight excluding hydrogens is 378 g/mol. The number of benzene rings is 2. The molecule has 4 aromatic rings. The largest absolute Gasteiger partial charge is 0.340 e. The van der Waals surface area contributed by atoms with E-state index in [2.05, 4.69) is 50.7 Å². The molecule has 0 saturated carbocycles. The summed E-state index contributed by atoms with van der Waals surface area (Å²) in [7, 11) is 0. The van der Waals surface area contributed by atoms with Crippen LogP contribution in [-0.2, 0) is 0 Å². The molecule has 1 fully saturated rings. The summed E-state index contributed by atoms with van der Waals surface area (Å²) in [6, 6.07) is 14.1. The van der Waals surface area contributed by atoms with Crippen LogP contribution in [0.1, 0.15) is 5.56 Å². The SMILES string of the molecule is Cc1cccc(-c2nnc3c4ccc(Cl)cc4nc(N4CCSCC4)n23)c1. The summed E-state index contributed by atoms with van der Waals surface area (Å²) >= 11 is 8.21. The second-order valence-corrected chi connectivity index (χ2v) is 8.39. The van der Waals surface area contributed by atoms with Crippen LogP contribution in [0.5, 0.6) is 0 Å². The van der Waals surface area contributed by atoms with E-state index in [1.807, 2.05) is 30.0 Å². The number of hydrogen-bond acceptors (Lipinski definition) is 5. The highest BCUT2D eigenvalue weighted by atomic mass is 35.5. The fourth-order valence-electron chi connectivity index (χ4n) is 3.54.